The zero-order valence-corrected chi connectivity index (χ0v) is 8.40. The van der Waals surface area contributed by atoms with Crippen LogP contribution in [0.4, 0.5) is 0 Å². The molecule has 3 N–H and O–H groups in total. The van der Waals surface area contributed by atoms with E-state index in [-0.39, 0.29) is 42.2 Å². The largest absolute Gasteiger partial charge is 1.00 e. The van der Waals surface area contributed by atoms with E-state index in [1.807, 2.05) is 0 Å². The first-order chi connectivity index (χ1) is 3.06. The van der Waals surface area contributed by atoms with Gasteiger partial charge in [0.1, 0.15) is 0 Å². The summed E-state index contributed by atoms with van der Waals surface area (Å²) in [6.07, 6.45) is 0.471. The molecule has 0 aliphatic carbocycles. The molecule has 0 radical (unpaired) electrons. The van der Waals surface area contributed by atoms with Crippen LogP contribution in [0.3, 0.4) is 0 Å². The van der Waals surface area contributed by atoms with Crippen LogP contribution in [-0.2, 0) is 10.1 Å². The van der Waals surface area contributed by atoms with E-state index < -0.39 is 10.1 Å². The average molecular weight is 166 g/mol. The third-order valence-corrected chi connectivity index (χ3v) is 1.39. The van der Waals surface area contributed by atoms with Crippen molar-refractivity contribution in [2.45, 2.75) is 13.3 Å². The van der Waals surface area contributed by atoms with E-state index in [1.54, 1.807) is 6.92 Å². The molecule has 0 aromatic heterocycles. The molecular formula is C3H11NaO4S. The number of hydrogen-bond acceptors (Lipinski definition) is 2. The Hall–Kier alpha value is 0.870. The fraction of sp³-hybridized carbons (Fsp3) is 1.00. The van der Waals surface area contributed by atoms with Crippen molar-refractivity contribution in [1.82, 2.24) is 0 Å². The van der Waals surface area contributed by atoms with Crippen molar-refractivity contribution in [3.05, 3.63) is 0 Å². The van der Waals surface area contributed by atoms with Gasteiger partial charge in [0.25, 0.3) is 10.1 Å². The van der Waals surface area contributed by atoms with Crippen LogP contribution in [0.1, 0.15) is 14.8 Å². The fourth-order valence-electron chi connectivity index (χ4n) is 0.258. The molecule has 9 heavy (non-hydrogen) atoms. The third kappa shape index (κ3) is 17.7. The SMILES string of the molecule is CCCS(=O)(=O)O.O.[H-].[Na+]. The van der Waals surface area contributed by atoms with Gasteiger partial charge in [0.05, 0.1) is 5.75 Å². The van der Waals surface area contributed by atoms with Crippen molar-refractivity contribution >= 4 is 10.1 Å². The van der Waals surface area contributed by atoms with Gasteiger partial charge in [0.2, 0.25) is 0 Å². The molecular weight excluding hydrogens is 155 g/mol. The zero-order chi connectivity index (χ0) is 5.91. The topological polar surface area (TPSA) is 85.9 Å². The molecule has 0 saturated heterocycles. The standard InChI is InChI=1S/C3H8O3S.Na.H2O.H/c1-2-3-7(4,5)6;;;/h2-3H2,1H3,(H,4,5,6);;1H2;/q;+1;;-1. The Balaban J connectivity index is -0.0000000600. The van der Waals surface area contributed by atoms with Crippen LogP contribution < -0.4 is 29.6 Å². The molecule has 6 heteroatoms. The fourth-order valence-corrected chi connectivity index (χ4v) is 0.774. The predicted octanol–water partition coefficient (Wildman–Crippen LogP) is -3.42. The number of hydrogen-bond donors (Lipinski definition) is 1. The smallest absolute Gasteiger partial charge is 1.00 e. The summed E-state index contributed by atoms with van der Waals surface area (Å²) in [4.78, 5) is 0. The Morgan fingerprint density at radius 3 is 1.89 bits per heavy atom. The van der Waals surface area contributed by atoms with Crippen LogP contribution in [0.5, 0.6) is 0 Å². The van der Waals surface area contributed by atoms with E-state index in [9.17, 15) is 8.42 Å². The molecule has 0 bridgehead atoms. The summed E-state index contributed by atoms with van der Waals surface area (Å²) in [5.41, 5.74) is 0. The van der Waals surface area contributed by atoms with E-state index >= 15 is 0 Å². The first-order valence-corrected chi connectivity index (χ1v) is 3.62. The minimum atomic E-state index is -3.67. The van der Waals surface area contributed by atoms with Crippen LogP contribution in [0.15, 0.2) is 0 Å². The van der Waals surface area contributed by atoms with Gasteiger partial charge in [-0.25, -0.2) is 0 Å². The van der Waals surface area contributed by atoms with Crippen LogP contribution >= 0.6 is 0 Å². The molecule has 0 atom stereocenters. The second-order valence-corrected chi connectivity index (χ2v) is 2.86. The molecule has 0 spiro atoms. The predicted molar refractivity (Wildman–Crippen MR) is 31.4 cm³/mol. The van der Waals surface area contributed by atoms with Gasteiger partial charge in [-0.05, 0) is 6.42 Å². The summed E-state index contributed by atoms with van der Waals surface area (Å²) in [6, 6.07) is 0. The molecule has 0 aromatic rings. The van der Waals surface area contributed by atoms with Gasteiger partial charge in [0, 0.05) is 0 Å². The molecule has 0 aromatic carbocycles. The maximum atomic E-state index is 9.79. The van der Waals surface area contributed by atoms with Crippen molar-refractivity contribution < 1.29 is 49.4 Å². The van der Waals surface area contributed by atoms with Crippen LogP contribution in [0.25, 0.3) is 0 Å². The molecule has 0 amide bonds. The molecule has 54 valence electrons. The first kappa shape index (κ1) is 16.5. The third-order valence-electron chi connectivity index (χ3n) is 0.462. The van der Waals surface area contributed by atoms with E-state index in [1.165, 1.54) is 0 Å². The molecule has 0 aliphatic heterocycles. The molecule has 0 heterocycles. The van der Waals surface area contributed by atoms with Gasteiger partial charge in [-0.2, -0.15) is 8.42 Å². The minimum absolute atomic E-state index is 0. The maximum Gasteiger partial charge on any atom is 1.00 e. The van der Waals surface area contributed by atoms with Gasteiger partial charge in [0.15, 0.2) is 0 Å². The summed E-state index contributed by atoms with van der Waals surface area (Å²) in [5.74, 6) is -0.132. The molecule has 0 aliphatic rings. The van der Waals surface area contributed by atoms with E-state index in [4.69, 9.17) is 4.55 Å². The minimum Gasteiger partial charge on any atom is -1.00 e. The van der Waals surface area contributed by atoms with Gasteiger partial charge >= 0.3 is 29.6 Å². The molecule has 0 rings (SSSR count). The summed E-state index contributed by atoms with van der Waals surface area (Å²) in [6.45, 7) is 1.69. The summed E-state index contributed by atoms with van der Waals surface area (Å²) in [5, 5.41) is 0. The Morgan fingerprint density at radius 2 is 1.89 bits per heavy atom. The second kappa shape index (κ2) is 6.98. The molecule has 0 fully saturated rings. The van der Waals surface area contributed by atoms with Gasteiger partial charge in [-0.15, -0.1) is 0 Å². The summed E-state index contributed by atoms with van der Waals surface area (Å²) < 4.78 is 27.6. The maximum absolute atomic E-state index is 9.79. The number of rotatable bonds is 2. The van der Waals surface area contributed by atoms with Crippen molar-refractivity contribution in [3.8, 4) is 0 Å². The summed E-state index contributed by atoms with van der Waals surface area (Å²) in [7, 11) is -3.67. The quantitative estimate of drug-likeness (QED) is 0.342. The second-order valence-electron chi connectivity index (χ2n) is 1.29. The van der Waals surface area contributed by atoms with Crippen molar-refractivity contribution in [1.29, 1.82) is 0 Å². The van der Waals surface area contributed by atoms with Crippen molar-refractivity contribution in [2.24, 2.45) is 0 Å². The van der Waals surface area contributed by atoms with Crippen LogP contribution in [0, 0.1) is 0 Å². The average Bonchev–Trinajstić information content (AvgIpc) is 1.30. The Morgan fingerprint density at radius 1 is 1.56 bits per heavy atom. The van der Waals surface area contributed by atoms with E-state index in [0.717, 1.165) is 0 Å². The first-order valence-electron chi connectivity index (χ1n) is 2.01. The molecule has 4 nitrogen and oxygen atoms in total. The van der Waals surface area contributed by atoms with Crippen molar-refractivity contribution in [2.75, 3.05) is 5.75 Å². The monoisotopic (exact) mass is 166 g/mol. The van der Waals surface area contributed by atoms with Gasteiger partial charge in [-0.3, -0.25) is 4.55 Å². The molecule has 0 saturated carbocycles. The van der Waals surface area contributed by atoms with Gasteiger partial charge in [-0.1, -0.05) is 6.92 Å². The van der Waals surface area contributed by atoms with Crippen molar-refractivity contribution in [3.63, 3.8) is 0 Å². The van der Waals surface area contributed by atoms with E-state index in [2.05, 4.69) is 0 Å². The van der Waals surface area contributed by atoms with Crippen LogP contribution in [-0.4, -0.2) is 24.2 Å². The Labute approximate surface area is 78.5 Å². The normalized spacial score (nSPS) is 9.11. The van der Waals surface area contributed by atoms with Gasteiger partial charge < -0.3 is 6.90 Å². The van der Waals surface area contributed by atoms with E-state index in [0.29, 0.717) is 6.42 Å². The zero-order valence-electron chi connectivity index (χ0n) is 6.59. The van der Waals surface area contributed by atoms with Crippen LogP contribution in [0.2, 0.25) is 0 Å². The molecule has 0 unspecified atom stereocenters. The Bertz CT molecular complexity index is 133. The Kier molecular flexibility index (Phi) is 12.8. The summed E-state index contributed by atoms with van der Waals surface area (Å²) >= 11 is 0.